The molecule has 1 heterocycles. The summed E-state index contributed by atoms with van der Waals surface area (Å²) in [6, 6.07) is 4.29. The van der Waals surface area contributed by atoms with Crippen LogP contribution in [-0.2, 0) is 20.7 Å². The highest BCUT2D eigenvalue weighted by molar-refractivity contribution is 5.80. The Bertz CT molecular complexity index is 636. The molecule has 0 radical (unpaired) electrons. The predicted molar refractivity (Wildman–Crippen MR) is 91.1 cm³/mol. The molecule has 1 amide bonds. The molecule has 3 atom stereocenters. The second kappa shape index (κ2) is 7.97. The van der Waals surface area contributed by atoms with E-state index >= 15 is 0 Å². The van der Waals surface area contributed by atoms with Crippen LogP contribution in [0.4, 0.5) is 4.39 Å². The van der Waals surface area contributed by atoms with Gasteiger partial charge in [-0.15, -0.1) is 6.58 Å². The van der Waals surface area contributed by atoms with E-state index in [1.165, 1.54) is 19.2 Å². The first-order valence-corrected chi connectivity index (χ1v) is 8.60. The number of hydrogen-bond donors (Lipinski definition) is 0. The van der Waals surface area contributed by atoms with Gasteiger partial charge in [0.1, 0.15) is 17.7 Å². The Morgan fingerprint density at radius 1 is 1.48 bits per heavy atom. The third-order valence-electron chi connectivity index (χ3n) is 4.87. The van der Waals surface area contributed by atoms with Crippen molar-refractivity contribution in [1.82, 2.24) is 4.90 Å². The van der Waals surface area contributed by atoms with Gasteiger partial charge in [-0.3, -0.25) is 4.79 Å². The molecule has 3 rings (SSSR count). The molecule has 0 bridgehead atoms. The molecule has 6 heteroatoms. The van der Waals surface area contributed by atoms with E-state index in [-0.39, 0.29) is 36.4 Å². The maximum atomic E-state index is 13.3. The van der Waals surface area contributed by atoms with Crippen LogP contribution in [0.25, 0.3) is 0 Å². The molecule has 1 aromatic carbocycles. The molecule has 2 fully saturated rings. The highest BCUT2D eigenvalue weighted by atomic mass is 19.1. The molecular weight excluding hydrogens is 325 g/mol. The number of morpholine rings is 1. The first-order valence-electron chi connectivity index (χ1n) is 8.60. The number of carbonyl (C=O) groups is 1. The molecule has 1 aliphatic heterocycles. The number of benzene rings is 1. The average molecular weight is 349 g/mol. The molecule has 1 saturated heterocycles. The van der Waals surface area contributed by atoms with E-state index in [2.05, 4.69) is 6.58 Å². The van der Waals surface area contributed by atoms with Crippen molar-refractivity contribution in [3.05, 3.63) is 42.2 Å². The molecule has 1 aliphatic carbocycles. The summed E-state index contributed by atoms with van der Waals surface area (Å²) in [5.41, 5.74) is 0.689. The van der Waals surface area contributed by atoms with Crippen LogP contribution in [-0.4, -0.2) is 55.9 Å². The number of ether oxygens (including phenoxy) is 3. The quantitative estimate of drug-likeness (QED) is 0.740. The van der Waals surface area contributed by atoms with E-state index in [0.717, 1.165) is 12.8 Å². The fourth-order valence-electron chi connectivity index (χ4n) is 3.72. The normalized spacial score (nSPS) is 25.5. The van der Waals surface area contributed by atoms with E-state index in [1.807, 2.05) is 4.90 Å². The minimum Gasteiger partial charge on any atom is -0.496 e. The fourth-order valence-corrected chi connectivity index (χ4v) is 3.72. The van der Waals surface area contributed by atoms with E-state index in [0.29, 0.717) is 31.1 Å². The van der Waals surface area contributed by atoms with Gasteiger partial charge in [-0.2, -0.15) is 0 Å². The van der Waals surface area contributed by atoms with Crippen molar-refractivity contribution >= 4 is 5.91 Å². The van der Waals surface area contributed by atoms with E-state index in [4.69, 9.17) is 14.2 Å². The van der Waals surface area contributed by atoms with Crippen molar-refractivity contribution in [1.29, 1.82) is 0 Å². The van der Waals surface area contributed by atoms with Crippen LogP contribution in [0.2, 0.25) is 0 Å². The van der Waals surface area contributed by atoms with Crippen molar-refractivity contribution < 1.29 is 23.4 Å². The highest BCUT2D eigenvalue weighted by Gasteiger charge is 2.44. The average Bonchev–Trinajstić information content (AvgIpc) is 3.04. The number of fused-ring (bicyclic) bond motifs is 1. The van der Waals surface area contributed by atoms with Gasteiger partial charge in [0.05, 0.1) is 38.9 Å². The maximum Gasteiger partial charge on any atom is 0.227 e. The Kier molecular flexibility index (Phi) is 5.71. The van der Waals surface area contributed by atoms with Gasteiger partial charge in [0.25, 0.3) is 0 Å². The number of methoxy groups -OCH3 is 1. The summed E-state index contributed by atoms with van der Waals surface area (Å²) in [5, 5.41) is 0. The largest absolute Gasteiger partial charge is 0.496 e. The molecule has 0 spiro atoms. The zero-order valence-electron chi connectivity index (χ0n) is 14.4. The Hall–Kier alpha value is -1.92. The van der Waals surface area contributed by atoms with Gasteiger partial charge < -0.3 is 19.1 Å². The molecule has 2 aliphatic rings. The molecule has 136 valence electrons. The molecule has 25 heavy (non-hydrogen) atoms. The summed E-state index contributed by atoms with van der Waals surface area (Å²) >= 11 is 0. The third kappa shape index (κ3) is 3.85. The van der Waals surface area contributed by atoms with Crippen molar-refractivity contribution in [3.63, 3.8) is 0 Å². The standard InChI is InChI=1S/C19H24FNO4/c1-3-9-24-16-7-6-15-19(16)25-10-8-21(15)18(22)11-13-4-5-14(20)12-17(13)23-2/h3-5,12,15-16,19H,1,6-11H2,2H3/t15-,16-,19+/m0/s1. The van der Waals surface area contributed by atoms with Crippen LogP contribution >= 0.6 is 0 Å². The van der Waals surface area contributed by atoms with Crippen LogP contribution < -0.4 is 4.74 Å². The number of nitrogens with zero attached hydrogens (tertiary/aromatic N) is 1. The topological polar surface area (TPSA) is 48.0 Å². The number of amides is 1. The van der Waals surface area contributed by atoms with Gasteiger partial charge in [0.2, 0.25) is 5.91 Å². The number of hydrogen-bond acceptors (Lipinski definition) is 4. The van der Waals surface area contributed by atoms with E-state index < -0.39 is 0 Å². The molecular formula is C19H24FNO4. The molecule has 5 nitrogen and oxygen atoms in total. The Morgan fingerprint density at radius 3 is 3.08 bits per heavy atom. The van der Waals surface area contributed by atoms with Crippen LogP contribution in [0.5, 0.6) is 5.75 Å². The number of carbonyl (C=O) groups excluding carboxylic acids is 1. The summed E-state index contributed by atoms with van der Waals surface area (Å²) < 4.78 is 30.2. The van der Waals surface area contributed by atoms with Crippen LogP contribution in [0, 0.1) is 5.82 Å². The first-order chi connectivity index (χ1) is 12.1. The Balaban J connectivity index is 1.69. The molecule has 0 unspecified atom stereocenters. The lowest BCUT2D eigenvalue weighted by molar-refractivity contribution is -0.150. The second-order valence-electron chi connectivity index (χ2n) is 6.36. The molecule has 1 aromatic rings. The summed E-state index contributed by atoms with van der Waals surface area (Å²) in [6.07, 6.45) is 3.54. The monoisotopic (exact) mass is 349 g/mol. The van der Waals surface area contributed by atoms with Gasteiger partial charge in [-0.05, 0) is 18.9 Å². The van der Waals surface area contributed by atoms with Crippen molar-refractivity contribution in [3.8, 4) is 5.75 Å². The van der Waals surface area contributed by atoms with Crippen molar-refractivity contribution in [2.24, 2.45) is 0 Å². The van der Waals surface area contributed by atoms with Crippen molar-refractivity contribution in [2.45, 2.75) is 37.5 Å². The first kappa shape index (κ1) is 17.9. The Morgan fingerprint density at radius 2 is 2.32 bits per heavy atom. The van der Waals surface area contributed by atoms with E-state index in [9.17, 15) is 9.18 Å². The SMILES string of the molecule is C=CCO[C@H]1CC[C@H]2[C@H]1OCCN2C(=O)Cc1ccc(F)cc1OC. The number of rotatable bonds is 6. The summed E-state index contributed by atoms with van der Waals surface area (Å²) in [5.74, 6) is 0.0295. The summed E-state index contributed by atoms with van der Waals surface area (Å²) in [4.78, 5) is 14.7. The Labute approximate surface area is 147 Å². The maximum absolute atomic E-state index is 13.3. The minimum atomic E-state index is -0.377. The third-order valence-corrected chi connectivity index (χ3v) is 4.87. The van der Waals surface area contributed by atoms with Crippen LogP contribution in [0.15, 0.2) is 30.9 Å². The summed E-state index contributed by atoms with van der Waals surface area (Å²) in [7, 11) is 1.48. The zero-order chi connectivity index (χ0) is 17.8. The fraction of sp³-hybridized carbons (Fsp3) is 0.526. The van der Waals surface area contributed by atoms with E-state index in [1.54, 1.807) is 12.1 Å². The van der Waals surface area contributed by atoms with Crippen molar-refractivity contribution in [2.75, 3.05) is 26.9 Å². The zero-order valence-corrected chi connectivity index (χ0v) is 14.4. The van der Waals surface area contributed by atoms with Crippen LogP contribution in [0.1, 0.15) is 18.4 Å². The summed E-state index contributed by atoms with van der Waals surface area (Å²) in [6.45, 7) is 5.22. The highest BCUT2D eigenvalue weighted by Crippen LogP contribution is 2.33. The number of halogens is 1. The van der Waals surface area contributed by atoms with Gasteiger partial charge >= 0.3 is 0 Å². The second-order valence-corrected chi connectivity index (χ2v) is 6.36. The smallest absolute Gasteiger partial charge is 0.227 e. The lowest BCUT2D eigenvalue weighted by Crippen LogP contribution is -2.54. The van der Waals surface area contributed by atoms with Crippen LogP contribution in [0.3, 0.4) is 0 Å². The van der Waals surface area contributed by atoms with Gasteiger partial charge in [0.15, 0.2) is 0 Å². The van der Waals surface area contributed by atoms with Gasteiger partial charge in [0, 0.05) is 18.2 Å². The lowest BCUT2D eigenvalue weighted by atomic mass is 10.1. The molecule has 0 aromatic heterocycles. The molecule has 0 N–H and O–H groups in total. The van der Waals surface area contributed by atoms with Gasteiger partial charge in [-0.25, -0.2) is 4.39 Å². The van der Waals surface area contributed by atoms with Gasteiger partial charge in [-0.1, -0.05) is 12.1 Å². The lowest BCUT2D eigenvalue weighted by Gasteiger charge is -2.39. The molecule has 1 saturated carbocycles. The minimum absolute atomic E-state index is 0.000965. The predicted octanol–water partition coefficient (Wildman–Crippen LogP) is 2.34.